The van der Waals surface area contributed by atoms with Gasteiger partial charge < -0.3 is 4.90 Å². The van der Waals surface area contributed by atoms with Crippen LogP contribution in [0.1, 0.15) is 12.8 Å². The van der Waals surface area contributed by atoms with E-state index in [2.05, 4.69) is 9.80 Å². The second-order valence-electron chi connectivity index (χ2n) is 6.64. The number of fused-ring (bicyclic) bond motifs is 1. The van der Waals surface area contributed by atoms with E-state index in [9.17, 15) is 8.42 Å². The van der Waals surface area contributed by atoms with E-state index in [1.54, 1.807) is 36.4 Å². The van der Waals surface area contributed by atoms with Gasteiger partial charge in [-0.15, -0.1) is 0 Å². The zero-order valence-electron chi connectivity index (χ0n) is 13.8. The summed E-state index contributed by atoms with van der Waals surface area (Å²) in [4.78, 5) is 5.42. The Labute approximate surface area is 143 Å². The average molecular weight is 342 g/mol. The third kappa shape index (κ3) is 2.43. The summed E-state index contributed by atoms with van der Waals surface area (Å²) >= 11 is 0. The molecule has 0 bridgehead atoms. The van der Waals surface area contributed by atoms with E-state index in [0.717, 1.165) is 18.7 Å². The van der Waals surface area contributed by atoms with Crippen LogP contribution < -0.4 is 4.90 Å². The summed E-state index contributed by atoms with van der Waals surface area (Å²) in [6.45, 7) is 2.30. The highest BCUT2D eigenvalue weighted by Crippen LogP contribution is 2.37. The van der Waals surface area contributed by atoms with Crippen molar-refractivity contribution in [3.8, 4) is 0 Å². The molecule has 5 heteroatoms. The maximum absolute atomic E-state index is 13.1. The molecule has 126 valence electrons. The minimum atomic E-state index is -3.51. The van der Waals surface area contributed by atoms with Crippen molar-refractivity contribution >= 4 is 15.5 Å². The first-order valence-corrected chi connectivity index (χ1v) is 9.93. The van der Waals surface area contributed by atoms with Crippen LogP contribution in [-0.4, -0.2) is 45.5 Å². The Balaban J connectivity index is 1.73. The normalized spacial score (nSPS) is 23.5. The van der Waals surface area contributed by atoms with Gasteiger partial charge >= 0.3 is 0 Å². The molecule has 2 aromatic carbocycles. The van der Waals surface area contributed by atoms with Crippen LogP contribution in [-0.2, 0) is 9.84 Å². The predicted molar refractivity (Wildman–Crippen MR) is 95.1 cm³/mol. The molecular weight excluding hydrogens is 320 g/mol. The number of anilines is 1. The van der Waals surface area contributed by atoms with Crippen molar-refractivity contribution in [2.75, 3.05) is 25.0 Å². The largest absolute Gasteiger partial charge is 0.369 e. The average Bonchev–Trinajstić information content (AvgIpc) is 2.89. The molecule has 2 atom stereocenters. The fourth-order valence-electron chi connectivity index (χ4n) is 4.00. The Bertz CT molecular complexity index is 835. The molecule has 0 N–H and O–H groups in total. The summed E-state index contributed by atoms with van der Waals surface area (Å²) in [5, 5.41) is 0. The van der Waals surface area contributed by atoms with Crippen LogP contribution in [0.5, 0.6) is 0 Å². The van der Waals surface area contributed by atoms with Gasteiger partial charge in [0.1, 0.15) is 0 Å². The number of benzene rings is 2. The number of hydrogen-bond acceptors (Lipinski definition) is 4. The second-order valence-corrected chi connectivity index (χ2v) is 8.56. The van der Waals surface area contributed by atoms with Gasteiger partial charge in [0.05, 0.1) is 15.5 Å². The van der Waals surface area contributed by atoms with Crippen molar-refractivity contribution in [2.24, 2.45) is 0 Å². The van der Waals surface area contributed by atoms with E-state index in [1.165, 1.54) is 13.0 Å². The van der Waals surface area contributed by atoms with E-state index in [4.69, 9.17) is 0 Å². The highest BCUT2D eigenvalue weighted by molar-refractivity contribution is 7.91. The van der Waals surface area contributed by atoms with Crippen LogP contribution in [0, 0.1) is 0 Å². The molecular formula is C19H22N2O2S. The van der Waals surface area contributed by atoms with Crippen molar-refractivity contribution in [2.45, 2.75) is 34.7 Å². The molecule has 0 radical (unpaired) electrons. The molecule has 0 saturated carbocycles. The zero-order valence-corrected chi connectivity index (χ0v) is 14.6. The van der Waals surface area contributed by atoms with E-state index in [-0.39, 0.29) is 0 Å². The van der Waals surface area contributed by atoms with Gasteiger partial charge in [-0.05, 0) is 37.1 Å². The fraction of sp³-hybridized carbons (Fsp3) is 0.368. The van der Waals surface area contributed by atoms with Gasteiger partial charge in [-0.3, -0.25) is 4.90 Å². The lowest BCUT2D eigenvalue weighted by Crippen LogP contribution is -2.52. The second kappa shape index (κ2) is 5.90. The summed E-state index contributed by atoms with van der Waals surface area (Å²) in [5.41, 5.74) is 0.806. The van der Waals surface area contributed by atoms with Crippen molar-refractivity contribution in [1.82, 2.24) is 4.90 Å². The molecule has 0 amide bonds. The monoisotopic (exact) mass is 342 g/mol. The lowest BCUT2D eigenvalue weighted by Gasteiger charge is -2.41. The summed E-state index contributed by atoms with van der Waals surface area (Å²) < 4.78 is 26.2. The predicted octanol–water partition coefficient (Wildman–Crippen LogP) is 2.80. The van der Waals surface area contributed by atoms with E-state index in [1.807, 2.05) is 25.2 Å². The van der Waals surface area contributed by atoms with E-state index in [0.29, 0.717) is 21.9 Å². The number of sulfone groups is 1. The van der Waals surface area contributed by atoms with E-state index < -0.39 is 9.84 Å². The van der Waals surface area contributed by atoms with Gasteiger partial charge in [0.15, 0.2) is 0 Å². The molecule has 2 aliphatic rings. The lowest BCUT2D eigenvalue weighted by molar-refractivity contribution is 0.131. The van der Waals surface area contributed by atoms with Crippen LogP contribution in [0.4, 0.5) is 5.69 Å². The van der Waals surface area contributed by atoms with Gasteiger partial charge in [0.25, 0.3) is 0 Å². The van der Waals surface area contributed by atoms with Crippen LogP contribution in [0.2, 0.25) is 0 Å². The molecule has 2 fully saturated rings. The number of hydrogen-bond donors (Lipinski definition) is 0. The molecule has 0 aliphatic carbocycles. The number of nitrogens with zero attached hydrogens (tertiary/aromatic N) is 2. The molecule has 2 unspecified atom stereocenters. The summed E-state index contributed by atoms with van der Waals surface area (Å²) in [7, 11) is -1.48. The minimum absolute atomic E-state index is 0.350. The molecule has 4 rings (SSSR count). The topological polar surface area (TPSA) is 40.6 Å². The maximum atomic E-state index is 13.1. The first kappa shape index (κ1) is 15.7. The fourth-order valence-corrected chi connectivity index (χ4v) is 5.51. The molecule has 2 saturated heterocycles. The number of likely N-dealkylation sites (N-methyl/N-ethyl adjacent to an activating group) is 1. The summed E-state index contributed by atoms with van der Waals surface area (Å²) in [6.07, 6.45) is 2.31. The van der Waals surface area contributed by atoms with Gasteiger partial charge in [-0.2, -0.15) is 0 Å². The molecule has 4 nitrogen and oxygen atoms in total. The molecule has 24 heavy (non-hydrogen) atoms. The van der Waals surface area contributed by atoms with Crippen molar-refractivity contribution in [3.63, 3.8) is 0 Å². The van der Waals surface area contributed by atoms with Gasteiger partial charge in [0, 0.05) is 32.2 Å². The Morgan fingerprint density at radius 2 is 1.62 bits per heavy atom. The van der Waals surface area contributed by atoms with Crippen LogP contribution in [0.3, 0.4) is 0 Å². The van der Waals surface area contributed by atoms with E-state index >= 15 is 0 Å². The first-order valence-electron chi connectivity index (χ1n) is 8.45. The SMILES string of the molecule is CN(c1ccccc1S(=O)(=O)c1ccccc1)C1CCN2CCC12. The zero-order chi connectivity index (χ0) is 16.7. The highest BCUT2D eigenvalue weighted by Gasteiger charge is 2.42. The van der Waals surface area contributed by atoms with Crippen LogP contribution in [0.15, 0.2) is 64.4 Å². The van der Waals surface area contributed by atoms with Crippen LogP contribution in [0.25, 0.3) is 0 Å². The highest BCUT2D eigenvalue weighted by atomic mass is 32.2. The molecule has 2 aromatic rings. The van der Waals surface area contributed by atoms with Crippen molar-refractivity contribution in [3.05, 3.63) is 54.6 Å². The Morgan fingerprint density at radius 3 is 2.29 bits per heavy atom. The maximum Gasteiger partial charge on any atom is 0.208 e. The third-order valence-corrected chi connectivity index (χ3v) is 7.24. The quantitative estimate of drug-likeness (QED) is 0.857. The Hall–Kier alpha value is -1.85. The minimum Gasteiger partial charge on any atom is -0.369 e. The van der Waals surface area contributed by atoms with Gasteiger partial charge in [-0.25, -0.2) is 8.42 Å². The number of rotatable bonds is 4. The van der Waals surface area contributed by atoms with Crippen molar-refractivity contribution in [1.29, 1.82) is 0 Å². The smallest absolute Gasteiger partial charge is 0.208 e. The Morgan fingerprint density at radius 1 is 0.958 bits per heavy atom. The summed E-state index contributed by atoms with van der Waals surface area (Å²) in [6, 6.07) is 17.0. The molecule has 2 aliphatic heterocycles. The first-order chi connectivity index (χ1) is 11.6. The molecule has 0 spiro atoms. The molecule has 0 aromatic heterocycles. The lowest BCUT2D eigenvalue weighted by atomic mass is 9.98. The Kier molecular flexibility index (Phi) is 3.85. The standard InChI is InChI=1S/C19H22N2O2S/c1-20(16-11-13-21-14-12-17(16)21)18-9-5-6-10-19(18)24(22,23)15-7-3-2-4-8-15/h2-10,16-17H,11-14H2,1H3. The summed E-state index contributed by atoms with van der Waals surface area (Å²) in [5.74, 6) is 0. The molecule has 2 heterocycles. The van der Waals surface area contributed by atoms with Crippen molar-refractivity contribution < 1.29 is 8.42 Å². The van der Waals surface area contributed by atoms with Gasteiger partial charge in [-0.1, -0.05) is 30.3 Å². The van der Waals surface area contributed by atoms with Crippen LogP contribution >= 0.6 is 0 Å². The third-order valence-electron chi connectivity index (χ3n) is 5.42. The van der Waals surface area contributed by atoms with Gasteiger partial charge in [0.2, 0.25) is 9.84 Å². The number of para-hydroxylation sites is 1.